The van der Waals surface area contributed by atoms with Crippen molar-refractivity contribution in [3.05, 3.63) is 20.4 Å². The molecule has 0 atom stereocenters. The van der Waals surface area contributed by atoms with Gasteiger partial charge in [0.25, 0.3) is 10.9 Å². The minimum absolute atomic E-state index is 0.407. The van der Waals surface area contributed by atoms with E-state index in [-0.39, 0.29) is 0 Å². The van der Waals surface area contributed by atoms with Crippen molar-refractivity contribution < 1.29 is 4.74 Å². The van der Waals surface area contributed by atoms with Crippen LogP contribution in [0.2, 0.25) is 0 Å². The van der Waals surface area contributed by atoms with Crippen molar-refractivity contribution in [1.29, 1.82) is 0 Å². The first kappa shape index (κ1) is 13.7. The van der Waals surface area contributed by atoms with Gasteiger partial charge in [0.05, 0.1) is 0 Å². The Kier molecular flexibility index (Phi) is 5.69. The van der Waals surface area contributed by atoms with Crippen LogP contribution in [0.5, 0.6) is 0 Å². The molecule has 0 unspecified atom stereocenters. The summed E-state index contributed by atoms with van der Waals surface area (Å²) in [5, 5.41) is 5.98. The summed E-state index contributed by atoms with van der Waals surface area (Å²) in [6.07, 6.45) is 2.85. The first-order valence-electron chi connectivity index (χ1n) is 6.02. The third kappa shape index (κ3) is 3.56. The van der Waals surface area contributed by atoms with E-state index < -0.39 is 10.9 Å². The number of rotatable bonds is 9. The summed E-state index contributed by atoms with van der Waals surface area (Å²) in [7, 11) is 1.63. The zero-order valence-electron chi connectivity index (χ0n) is 10.5. The lowest BCUT2D eigenvalue weighted by Gasteiger charge is -2.14. The van der Waals surface area contributed by atoms with Crippen molar-refractivity contribution in [3.63, 3.8) is 0 Å². The van der Waals surface area contributed by atoms with Gasteiger partial charge in [-0.1, -0.05) is 13.3 Å². The Hall–Kier alpha value is -1.36. The molecule has 96 valence electrons. The average Bonchev–Trinajstić information content (AvgIpc) is 2.35. The van der Waals surface area contributed by atoms with Gasteiger partial charge in [-0.3, -0.25) is 9.59 Å². The fourth-order valence-electron chi connectivity index (χ4n) is 1.55. The third-order valence-corrected chi connectivity index (χ3v) is 2.57. The van der Waals surface area contributed by atoms with Crippen molar-refractivity contribution in [2.45, 2.75) is 26.2 Å². The summed E-state index contributed by atoms with van der Waals surface area (Å²) in [6.45, 7) is 4.09. The van der Waals surface area contributed by atoms with Gasteiger partial charge in [0.1, 0.15) is 11.4 Å². The molecule has 0 aliphatic heterocycles. The second-order valence-electron chi connectivity index (χ2n) is 3.96. The first-order valence-corrected chi connectivity index (χ1v) is 6.02. The number of nitrogens with one attached hydrogen (secondary N) is 2. The molecule has 0 aromatic heterocycles. The van der Waals surface area contributed by atoms with Gasteiger partial charge in [0.2, 0.25) is 0 Å². The summed E-state index contributed by atoms with van der Waals surface area (Å²) in [4.78, 5) is 22.6. The van der Waals surface area contributed by atoms with Gasteiger partial charge in [-0.15, -0.1) is 0 Å². The molecule has 5 nitrogen and oxygen atoms in total. The minimum Gasteiger partial charge on any atom is -0.385 e. The van der Waals surface area contributed by atoms with E-state index >= 15 is 0 Å². The van der Waals surface area contributed by atoms with Crippen molar-refractivity contribution in [2.75, 3.05) is 37.4 Å². The van der Waals surface area contributed by atoms with E-state index in [9.17, 15) is 9.59 Å². The summed E-state index contributed by atoms with van der Waals surface area (Å²) < 4.78 is 4.91. The number of hydrogen-bond donors (Lipinski definition) is 2. The molecule has 1 aromatic rings. The molecular weight excluding hydrogens is 220 g/mol. The van der Waals surface area contributed by atoms with E-state index in [0.717, 1.165) is 25.8 Å². The van der Waals surface area contributed by atoms with E-state index in [1.54, 1.807) is 7.11 Å². The Balaban J connectivity index is 2.45. The number of anilines is 2. The molecule has 17 heavy (non-hydrogen) atoms. The van der Waals surface area contributed by atoms with Crippen LogP contribution in [0.3, 0.4) is 0 Å². The lowest BCUT2D eigenvalue weighted by molar-refractivity contribution is 0.198. The predicted molar refractivity (Wildman–Crippen MR) is 69.7 cm³/mol. The molecule has 0 radical (unpaired) electrons. The highest BCUT2D eigenvalue weighted by molar-refractivity contribution is 5.73. The van der Waals surface area contributed by atoms with Crippen LogP contribution in [-0.2, 0) is 4.74 Å². The summed E-state index contributed by atoms with van der Waals surface area (Å²) in [5.41, 5.74) is 0.0554. The number of unbranched alkanes of at least 4 members (excludes halogenated alkanes) is 1. The topological polar surface area (TPSA) is 67.4 Å². The van der Waals surface area contributed by atoms with Crippen LogP contribution < -0.4 is 21.5 Å². The maximum atomic E-state index is 11.3. The van der Waals surface area contributed by atoms with Crippen LogP contribution in [0.15, 0.2) is 9.59 Å². The maximum Gasteiger partial charge on any atom is 0.253 e. The Morgan fingerprint density at radius 2 is 1.53 bits per heavy atom. The van der Waals surface area contributed by atoms with Crippen molar-refractivity contribution >= 4 is 11.4 Å². The quantitative estimate of drug-likeness (QED) is 0.497. The molecular formula is C12H20N2O3. The van der Waals surface area contributed by atoms with Gasteiger partial charge < -0.3 is 15.4 Å². The highest BCUT2D eigenvalue weighted by Crippen LogP contribution is 2.14. The summed E-state index contributed by atoms with van der Waals surface area (Å²) >= 11 is 0. The van der Waals surface area contributed by atoms with E-state index in [1.165, 1.54) is 0 Å². The van der Waals surface area contributed by atoms with Crippen LogP contribution in [0.1, 0.15) is 26.2 Å². The van der Waals surface area contributed by atoms with Crippen molar-refractivity contribution in [1.82, 2.24) is 0 Å². The lowest BCUT2D eigenvalue weighted by atomic mass is 10.2. The van der Waals surface area contributed by atoms with Crippen LogP contribution in [0.25, 0.3) is 0 Å². The van der Waals surface area contributed by atoms with E-state index in [4.69, 9.17) is 4.74 Å². The van der Waals surface area contributed by atoms with Gasteiger partial charge in [0, 0.05) is 26.8 Å². The van der Waals surface area contributed by atoms with E-state index in [1.807, 2.05) is 0 Å². The van der Waals surface area contributed by atoms with Crippen LogP contribution >= 0.6 is 0 Å². The lowest BCUT2D eigenvalue weighted by Crippen LogP contribution is -2.37. The molecule has 1 rings (SSSR count). The standard InChI is InChI=1S/C12H20N2O3/c1-3-4-6-13-9-10(12(16)11(9)15)14-7-5-8-17-2/h13-14H,3-8H2,1-2H3. The smallest absolute Gasteiger partial charge is 0.253 e. The summed E-state index contributed by atoms with van der Waals surface area (Å²) in [5.74, 6) is 0. The second kappa shape index (κ2) is 7.06. The van der Waals surface area contributed by atoms with Crippen LogP contribution in [0.4, 0.5) is 11.4 Å². The predicted octanol–water partition coefficient (Wildman–Crippen LogP) is 0.943. The van der Waals surface area contributed by atoms with E-state index in [2.05, 4.69) is 17.6 Å². The zero-order valence-corrected chi connectivity index (χ0v) is 10.5. The van der Waals surface area contributed by atoms with Gasteiger partial charge in [-0.05, 0) is 12.8 Å². The molecule has 0 spiro atoms. The molecule has 0 saturated carbocycles. The highest BCUT2D eigenvalue weighted by atomic mass is 16.5. The zero-order chi connectivity index (χ0) is 12.7. The fourth-order valence-corrected chi connectivity index (χ4v) is 1.55. The SMILES string of the molecule is CCCCNc1c(NCCCOC)c(=O)c1=O. The molecule has 0 fully saturated rings. The maximum absolute atomic E-state index is 11.3. The van der Waals surface area contributed by atoms with Gasteiger partial charge in [0.15, 0.2) is 0 Å². The fraction of sp³-hybridized carbons (Fsp3) is 0.667. The largest absolute Gasteiger partial charge is 0.385 e. The Morgan fingerprint density at radius 3 is 2.00 bits per heavy atom. The number of hydrogen-bond acceptors (Lipinski definition) is 5. The number of ether oxygens (including phenoxy) is 1. The molecule has 0 aliphatic rings. The average molecular weight is 240 g/mol. The normalized spacial score (nSPS) is 10.7. The van der Waals surface area contributed by atoms with Gasteiger partial charge in [-0.25, -0.2) is 0 Å². The highest BCUT2D eigenvalue weighted by Gasteiger charge is 2.19. The molecule has 0 bridgehead atoms. The van der Waals surface area contributed by atoms with Crippen molar-refractivity contribution in [3.8, 4) is 0 Å². The molecule has 1 aromatic carbocycles. The third-order valence-electron chi connectivity index (χ3n) is 2.57. The minimum atomic E-state index is -0.415. The van der Waals surface area contributed by atoms with Crippen LogP contribution in [0, 0.1) is 0 Å². The molecule has 2 N–H and O–H groups in total. The molecule has 0 heterocycles. The Morgan fingerprint density at radius 1 is 1.00 bits per heavy atom. The summed E-state index contributed by atoms with van der Waals surface area (Å²) in [6, 6.07) is 0. The molecule has 0 aliphatic carbocycles. The number of methoxy groups -OCH3 is 1. The van der Waals surface area contributed by atoms with Gasteiger partial charge >= 0.3 is 0 Å². The molecule has 5 heteroatoms. The van der Waals surface area contributed by atoms with E-state index in [0.29, 0.717) is 24.5 Å². The van der Waals surface area contributed by atoms with Gasteiger partial charge in [-0.2, -0.15) is 0 Å². The Labute approximate surface area is 101 Å². The second-order valence-corrected chi connectivity index (χ2v) is 3.96. The van der Waals surface area contributed by atoms with Crippen molar-refractivity contribution in [2.24, 2.45) is 0 Å². The van der Waals surface area contributed by atoms with Crippen LogP contribution in [-0.4, -0.2) is 26.8 Å². The molecule has 0 saturated heterocycles. The molecule has 0 amide bonds. The Bertz CT molecular complexity index is 408. The monoisotopic (exact) mass is 240 g/mol. The first-order chi connectivity index (χ1) is 8.22.